The summed E-state index contributed by atoms with van der Waals surface area (Å²) in [4.78, 5) is 30.1. The predicted octanol–water partition coefficient (Wildman–Crippen LogP) is 5.21. The minimum absolute atomic E-state index is 0.0475. The molecule has 0 saturated carbocycles. The van der Waals surface area contributed by atoms with Gasteiger partial charge < -0.3 is 23.7 Å². The van der Waals surface area contributed by atoms with Gasteiger partial charge in [0.1, 0.15) is 12.3 Å². The van der Waals surface area contributed by atoms with Gasteiger partial charge in [0.05, 0.1) is 27.0 Å². The molecule has 0 bridgehead atoms. The molecule has 0 atom stereocenters. The highest BCUT2D eigenvalue weighted by Gasteiger charge is 2.29. The van der Waals surface area contributed by atoms with E-state index in [0.717, 1.165) is 11.1 Å². The van der Waals surface area contributed by atoms with Crippen LogP contribution in [0.5, 0.6) is 11.5 Å². The highest BCUT2D eigenvalue weighted by atomic mass is 16.5. The van der Waals surface area contributed by atoms with Crippen LogP contribution in [0.2, 0.25) is 0 Å². The van der Waals surface area contributed by atoms with Crippen LogP contribution in [0.4, 0.5) is 0 Å². The summed E-state index contributed by atoms with van der Waals surface area (Å²) in [5, 5.41) is 0. The second-order valence-electron chi connectivity index (χ2n) is 9.67. The van der Waals surface area contributed by atoms with Gasteiger partial charge in [0.25, 0.3) is 0 Å². The highest BCUT2D eigenvalue weighted by molar-refractivity contribution is 5.94. The molecule has 37 heavy (non-hydrogen) atoms. The monoisotopic (exact) mass is 504 g/mol. The first-order valence-corrected chi connectivity index (χ1v) is 12.3. The van der Waals surface area contributed by atoms with Gasteiger partial charge in [-0.25, -0.2) is 0 Å². The maximum absolute atomic E-state index is 13.6. The maximum Gasteiger partial charge on any atom is 0.247 e. The van der Waals surface area contributed by atoms with E-state index in [1.807, 2.05) is 75.4 Å². The zero-order chi connectivity index (χ0) is 26.8. The molecule has 0 saturated heterocycles. The molecule has 0 aliphatic heterocycles. The molecule has 2 amide bonds. The average Bonchev–Trinajstić information content (AvgIpc) is 3.41. The Bertz CT molecular complexity index is 1180. The lowest BCUT2D eigenvalue weighted by Gasteiger charge is -2.36. The van der Waals surface area contributed by atoms with Gasteiger partial charge in [-0.2, -0.15) is 0 Å². The molecule has 3 rings (SSSR count). The molecule has 0 spiro atoms. The van der Waals surface area contributed by atoms with Crippen LogP contribution in [0.25, 0.3) is 6.08 Å². The van der Waals surface area contributed by atoms with Crippen LogP contribution >= 0.6 is 0 Å². The van der Waals surface area contributed by atoms with E-state index in [2.05, 4.69) is 0 Å². The van der Waals surface area contributed by atoms with Crippen molar-refractivity contribution in [2.24, 2.45) is 0 Å². The Morgan fingerprint density at radius 2 is 1.68 bits per heavy atom. The van der Waals surface area contributed by atoms with Gasteiger partial charge in [0.2, 0.25) is 11.8 Å². The number of methoxy groups -OCH3 is 2. The third kappa shape index (κ3) is 8.00. The van der Waals surface area contributed by atoms with Crippen molar-refractivity contribution in [1.29, 1.82) is 0 Å². The molecule has 2 aromatic carbocycles. The Balaban J connectivity index is 1.77. The normalized spacial score (nSPS) is 11.4. The molecular formula is C30H36N2O5. The Morgan fingerprint density at radius 3 is 2.30 bits per heavy atom. The number of nitrogens with zero attached hydrogens (tertiary/aromatic N) is 2. The number of furan rings is 1. The third-order valence-corrected chi connectivity index (χ3v) is 5.98. The second-order valence-corrected chi connectivity index (χ2v) is 9.67. The molecule has 1 heterocycles. The molecule has 0 radical (unpaired) electrons. The van der Waals surface area contributed by atoms with Crippen LogP contribution < -0.4 is 9.47 Å². The molecule has 0 aliphatic carbocycles. The lowest BCUT2D eigenvalue weighted by molar-refractivity contribution is -0.142. The van der Waals surface area contributed by atoms with Crippen molar-refractivity contribution in [3.05, 3.63) is 89.9 Å². The zero-order valence-corrected chi connectivity index (χ0v) is 22.3. The molecule has 0 aliphatic rings. The summed E-state index contributed by atoms with van der Waals surface area (Å²) in [6, 6.07) is 19.0. The summed E-state index contributed by atoms with van der Waals surface area (Å²) in [5.74, 6) is 1.59. The van der Waals surface area contributed by atoms with E-state index >= 15 is 0 Å². The Morgan fingerprint density at radius 1 is 0.946 bits per heavy atom. The summed E-state index contributed by atoms with van der Waals surface area (Å²) in [5.41, 5.74) is 1.38. The number of carbonyl (C=O) groups excluding carboxylic acids is 2. The fraction of sp³-hybridized carbons (Fsp3) is 0.333. The molecule has 1 aromatic heterocycles. The highest BCUT2D eigenvalue weighted by Crippen LogP contribution is 2.28. The van der Waals surface area contributed by atoms with Gasteiger partial charge in [-0.05, 0) is 68.7 Å². The van der Waals surface area contributed by atoms with Crippen LogP contribution in [-0.4, -0.2) is 54.5 Å². The quantitative estimate of drug-likeness (QED) is 0.335. The van der Waals surface area contributed by atoms with Crippen molar-refractivity contribution < 1.29 is 23.5 Å². The standard InChI is InChI=1S/C30H36N2O5/c1-30(2,3)32(28(33)16-14-23-10-7-6-8-11-23)22-29(34)31(21-25-12-9-19-37-25)18-17-24-13-15-26(35-4)27(20-24)36-5/h6-16,19-20H,17-18,21-22H2,1-5H3. The molecule has 0 N–H and O–H groups in total. The Kier molecular flexibility index (Phi) is 9.55. The van der Waals surface area contributed by atoms with Gasteiger partial charge in [-0.3, -0.25) is 9.59 Å². The van der Waals surface area contributed by atoms with Crippen LogP contribution in [0, 0.1) is 0 Å². The zero-order valence-electron chi connectivity index (χ0n) is 22.3. The maximum atomic E-state index is 13.6. The molecular weight excluding hydrogens is 468 g/mol. The van der Waals surface area contributed by atoms with Crippen molar-refractivity contribution in [3.8, 4) is 11.5 Å². The predicted molar refractivity (Wildman–Crippen MR) is 144 cm³/mol. The van der Waals surface area contributed by atoms with Gasteiger partial charge in [0.15, 0.2) is 11.5 Å². The Hall–Kier alpha value is -4.00. The summed E-state index contributed by atoms with van der Waals surface area (Å²) in [6.45, 7) is 6.49. The van der Waals surface area contributed by atoms with Crippen molar-refractivity contribution in [3.63, 3.8) is 0 Å². The van der Waals surface area contributed by atoms with Gasteiger partial charge in [-0.15, -0.1) is 0 Å². The van der Waals surface area contributed by atoms with Gasteiger partial charge in [-0.1, -0.05) is 36.4 Å². The fourth-order valence-electron chi connectivity index (χ4n) is 3.89. The van der Waals surface area contributed by atoms with Crippen LogP contribution in [0.3, 0.4) is 0 Å². The van der Waals surface area contributed by atoms with Crippen LogP contribution in [-0.2, 0) is 22.6 Å². The van der Waals surface area contributed by atoms with Crippen LogP contribution in [0.1, 0.15) is 37.7 Å². The fourth-order valence-corrected chi connectivity index (χ4v) is 3.89. The van der Waals surface area contributed by atoms with Crippen molar-refractivity contribution in [2.45, 2.75) is 39.3 Å². The number of benzene rings is 2. The molecule has 3 aromatic rings. The second kappa shape index (κ2) is 12.8. The third-order valence-electron chi connectivity index (χ3n) is 5.98. The summed E-state index contributed by atoms with van der Waals surface area (Å²) < 4.78 is 16.3. The summed E-state index contributed by atoms with van der Waals surface area (Å²) in [7, 11) is 3.19. The van der Waals surface area contributed by atoms with E-state index in [0.29, 0.717) is 36.8 Å². The molecule has 7 nitrogen and oxygen atoms in total. The Labute approximate surface area is 219 Å². The lowest BCUT2D eigenvalue weighted by atomic mass is 10.1. The van der Waals surface area contributed by atoms with E-state index in [1.54, 1.807) is 42.4 Å². The first kappa shape index (κ1) is 27.6. The smallest absolute Gasteiger partial charge is 0.247 e. The van der Waals surface area contributed by atoms with Gasteiger partial charge >= 0.3 is 0 Å². The number of ether oxygens (including phenoxy) is 2. The largest absolute Gasteiger partial charge is 0.493 e. The lowest BCUT2D eigenvalue weighted by Crippen LogP contribution is -2.50. The molecule has 0 fully saturated rings. The first-order valence-electron chi connectivity index (χ1n) is 12.3. The molecule has 0 unspecified atom stereocenters. The van der Waals surface area contributed by atoms with E-state index < -0.39 is 5.54 Å². The number of amides is 2. The van der Waals surface area contributed by atoms with Crippen molar-refractivity contribution >= 4 is 17.9 Å². The number of hydrogen-bond donors (Lipinski definition) is 0. The molecule has 196 valence electrons. The van der Waals surface area contributed by atoms with E-state index in [-0.39, 0.29) is 18.4 Å². The van der Waals surface area contributed by atoms with E-state index in [4.69, 9.17) is 13.9 Å². The van der Waals surface area contributed by atoms with E-state index in [1.165, 1.54) is 6.08 Å². The van der Waals surface area contributed by atoms with Crippen molar-refractivity contribution in [1.82, 2.24) is 9.80 Å². The molecule has 7 heteroatoms. The summed E-state index contributed by atoms with van der Waals surface area (Å²) >= 11 is 0. The number of carbonyl (C=O) groups is 2. The van der Waals surface area contributed by atoms with Crippen LogP contribution in [0.15, 0.2) is 77.4 Å². The number of hydrogen-bond acceptors (Lipinski definition) is 5. The van der Waals surface area contributed by atoms with Crippen molar-refractivity contribution in [2.75, 3.05) is 27.3 Å². The summed E-state index contributed by atoms with van der Waals surface area (Å²) in [6.07, 6.45) is 5.48. The number of rotatable bonds is 11. The first-order chi connectivity index (χ1) is 17.7. The minimum atomic E-state index is -0.548. The average molecular weight is 505 g/mol. The van der Waals surface area contributed by atoms with E-state index in [9.17, 15) is 9.59 Å². The SMILES string of the molecule is COc1ccc(CCN(Cc2ccco2)C(=O)CN(C(=O)C=Cc2ccccc2)C(C)(C)C)cc1OC. The minimum Gasteiger partial charge on any atom is -0.493 e. The topological polar surface area (TPSA) is 72.2 Å². The van der Waals surface area contributed by atoms with Gasteiger partial charge in [0, 0.05) is 18.2 Å².